The zero-order valence-corrected chi connectivity index (χ0v) is 10.6. The van der Waals surface area contributed by atoms with E-state index in [-0.39, 0.29) is 0 Å². The van der Waals surface area contributed by atoms with Crippen LogP contribution in [-0.4, -0.2) is 10.9 Å². The Morgan fingerprint density at radius 2 is 1.94 bits per heavy atom. The van der Waals surface area contributed by atoms with E-state index in [0.29, 0.717) is 10.9 Å². The molecule has 2 rings (SSSR count). The third-order valence-corrected chi connectivity index (χ3v) is 3.44. The molecule has 0 saturated heterocycles. The first-order valence-electron chi connectivity index (χ1n) is 5.43. The molecule has 17 heavy (non-hydrogen) atoms. The van der Waals surface area contributed by atoms with Crippen molar-refractivity contribution in [3.63, 3.8) is 0 Å². The van der Waals surface area contributed by atoms with Crippen molar-refractivity contribution in [2.24, 2.45) is 5.73 Å². The maximum atomic E-state index is 11.0. The number of nitrogens with zero attached hydrogens (tertiary/aromatic N) is 1. The summed E-state index contributed by atoms with van der Waals surface area (Å²) in [6, 6.07) is 8.22. The van der Waals surface area contributed by atoms with Crippen LogP contribution in [0.5, 0.6) is 0 Å². The summed E-state index contributed by atoms with van der Waals surface area (Å²) < 4.78 is 0. The first-order chi connectivity index (χ1) is 8.08. The Labute approximate surface area is 104 Å². The molecule has 0 bridgehead atoms. The van der Waals surface area contributed by atoms with Gasteiger partial charge in [-0.2, -0.15) is 0 Å². The SMILES string of the molecule is CC(C)c1ccc(-c2csc(C(N)=O)n2)cc1. The first-order valence-corrected chi connectivity index (χ1v) is 6.31. The molecular weight excluding hydrogens is 232 g/mol. The molecule has 0 radical (unpaired) electrons. The highest BCUT2D eigenvalue weighted by molar-refractivity contribution is 7.12. The van der Waals surface area contributed by atoms with Crippen LogP contribution in [0, 0.1) is 0 Å². The van der Waals surface area contributed by atoms with Gasteiger partial charge in [-0.25, -0.2) is 4.98 Å². The summed E-state index contributed by atoms with van der Waals surface area (Å²) in [7, 11) is 0. The number of nitrogens with two attached hydrogens (primary N) is 1. The second-order valence-electron chi connectivity index (χ2n) is 4.18. The highest BCUT2D eigenvalue weighted by Gasteiger charge is 2.08. The van der Waals surface area contributed by atoms with Gasteiger partial charge in [0.1, 0.15) is 0 Å². The van der Waals surface area contributed by atoms with E-state index in [9.17, 15) is 4.79 Å². The number of hydrogen-bond acceptors (Lipinski definition) is 3. The van der Waals surface area contributed by atoms with Crippen LogP contribution in [0.15, 0.2) is 29.6 Å². The molecule has 88 valence electrons. The summed E-state index contributed by atoms with van der Waals surface area (Å²) in [5.74, 6) is 0.0423. The molecule has 0 saturated carbocycles. The number of thiazole rings is 1. The number of carbonyl (C=O) groups is 1. The van der Waals surface area contributed by atoms with E-state index in [1.807, 2.05) is 17.5 Å². The number of benzene rings is 1. The summed E-state index contributed by atoms with van der Waals surface area (Å²) in [5.41, 5.74) is 8.29. The quantitative estimate of drug-likeness (QED) is 0.905. The van der Waals surface area contributed by atoms with Gasteiger partial charge in [0.05, 0.1) is 5.69 Å². The number of aromatic nitrogens is 1. The molecule has 0 fully saturated rings. The zero-order chi connectivity index (χ0) is 12.4. The average molecular weight is 246 g/mol. The third kappa shape index (κ3) is 2.53. The summed E-state index contributed by atoms with van der Waals surface area (Å²) >= 11 is 1.28. The van der Waals surface area contributed by atoms with Crippen LogP contribution in [0.4, 0.5) is 0 Å². The van der Waals surface area contributed by atoms with Crippen LogP contribution in [-0.2, 0) is 0 Å². The third-order valence-electron chi connectivity index (χ3n) is 2.59. The van der Waals surface area contributed by atoms with Crippen molar-refractivity contribution in [2.45, 2.75) is 19.8 Å². The van der Waals surface area contributed by atoms with Crippen LogP contribution in [0.1, 0.15) is 35.1 Å². The van der Waals surface area contributed by atoms with Crippen molar-refractivity contribution >= 4 is 17.2 Å². The highest BCUT2D eigenvalue weighted by Crippen LogP contribution is 2.24. The molecule has 1 aromatic heterocycles. The Bertz CT molecular complexity index is 529. The van der Waals surface area contributed by atoms with Gasteiger partial charge >= 0.3 is 0 Å². The van der Waals surface area contributed by atoms with Gasteiger partial charge in [0, 0.05) is 10.9 Å². The van der Waals surface area contributed by atoms with Crippen LogP contribution in [0.25, 0.3) is 11.3 Å². The predicted octanol–water partition coefficient (Wildman–Crippen LogP) is 3.03. The van der Waals surface area contributed by atoms with Gasteiger partial charge in [-0.05, 0) is 11.5 Å². The number of carbonyl (C=O) groups excluding carboxylic acids is 1. The van der Waals surface area contributed by atoms with E-state index in [2.05, 4.69) is 31.0 Å². The van der Waals surface area contributed by atoms with E-state index >= 15 is 0 Å². The van der Waals surface area contributed by atoms with Crippen LogP contribution in [0.3, 0.4) is 0 Å². The van der Waals surface area contributed by atoms with Gasteiger partial charge in [0.15, 0.2) is 5.01 Å². The van der Waals surface area contributed by atoms with Gasteiger partial charge in [0.25, 0.3) is 5.91 Å². The second kappa shape index (κ2) is 4.67. The topological polar surface area (TPSA) is 56.0 Å². The number of rotatable bonds is 3. The van der Waals surface area contributed by atoms with Gasteiger partial charge < -0.3 is 5.73 Å². The Morgan fingerprint density at radius 1 is 1.29 bits per heavy atom. The molecule has 0 aliphatic heterocycles. The molecule has 2 aromatic rings. The molecule has 1 heterocycles. The normalized spacial score (nSPS) is 10.8. The molecule has 0 aliphatic rings. The molecule has 0 aliphatic carbocycles. The summed E-state index contributed by atoms with van der Waals surface area (Å²) in [4.78, 5) is 15.2. The van der Waals surface area contributed by atoms with Gasteiger partial charge in [-0.1, -0.05) is 38.1 Å². The minimum atomic E-state index is -0.472. The standard InChI is InChI=1S/C13H14N2OS/c1-8(2)9-3-5-10(6-4-9)11-7-17-13(15-11)12(14)16/h3-8H,1-2H3,(H2,14,16). The largest absolute Gasteiger partial charge is 0.364 e. The second-order valence-corrected chi connectivity index (χ2v) is 5.04. The van der Waals surface area contributed by atoms with Crippen molar-refractivity contribution in [1.82, 2.24) is 4.98 Å². The van der Waals surface area contributed by atoms with E-state index in [1.54, 1.807) is 0 Å². The fraction of sp³-hybridized carbons (Fsp3) is 0.231. The van der Waals surface area contributed by atoms with E-state index in [1.165, 1.54) is 16.9 Å². The molecule has 3 nitrogen and oxygen atoms in total. The fourth-order valence-electron chi connectivity index (χ4n) is 1.56. The van der Waals surface area contributed by atoms with Crippen molar-refractivity contribution in [1.29, 1.82) is 0 Å². The molecule has 0 atom stereocenters. The monoisotopic (exact) mass is 246 g/mol. The van der Waals surface area contributed by atoms with E-state index in [4.69, 9.17) is 5.73 Å². The van der Waals surface area contributed by atoms with E-state index in [0.717, 1.165) is 11.3 Å². The Balaban J connectivity index is 2.30. The molecule has 0 spiro atoms. The van der Waals surface area contributed by atoms with Crippen LogP contribution in [0.2, 0.25) is 0 Å². The molecule has 1 amide bonds. The summed E-state index contributed by atoms with van der Waals surface area (Å²) in [6.07, 6.45) is 0. The maximum absolute atomic E-state index is 11.0. The maximum Gasteiger partial charge on any atom is 0.277 e. The van der Waals surface area contributed by atoms with Gasteiger partial charge in [-0.3, -0.25) is 4.79 Å². The lowest BCUT2D eigenvalue weighted by molar-refractivity contribution is 0.1000. The summed E-state index contributed by atoms with van der Waals surface area (Å²) in [5, 5.41) is 2.21. The Morgan fingerprint density at radius 3 is 2.41 bits per heavy atom. The lowest BCUT2D eigenvalue weighted by atomic mass is 10.0. The van der Waals surface area contributed by atoms with Crippen LogP contribution >= 0.6 is 11.3 Å². The number of primary amides is 1. The minimum Gasteiger partial charge on any atom is -0.364 e. The molecule has 4 heteroatoms. The molecular formula is C13H14N2OS. The lowest BCUT2D eigenvalue weighted by Crippen LogP contribution is -2.10. The van der Waals surface area contributed by atoms with Crippen molar-refractivity contribution < 1.29 is 4.79 Å². The smallest absolute Gasteiger partial charge is 0.277 e. The number of hydrogen-bond donors (Lipinski definition) is 1. The highest BCUT2D eigenvalue weighted by atomic mass is 32.1. The molecule has 0 unspecified atom stereocenters. The summed E-state index contributed by atoms with van der Waals surface area (Å²) in [6.45, 7) is 4.31. The van der Waals surface area contributed by atoms with Crippen molar-refractivity contribution in [2.75, 3.05) is 0 Å². The molecule has 1 aromatic carbocycles. The van der Waals surface area contributed by atoms with Crippen molar-refractivity contribution in [3.05, 3.63) is 40.2 Å². The molecule has 2 N–H and O–H groups in total. The number of amides is 1. The Kier molecular flexibility index (Phi) is 3.24. The predicted molar refractivity (Wildman–Crippen MR) is 70.2 cm³/mol. The average Bonchev–Trinajstić information content (AvgIpc) is 2.78. The minimum absolute atomic E-state index is 0.355. The van der Waals surface area contributed by atoms with Crippen LogP contribution < -0.4 is 5.73 Å². The Hall–Kier alpha value is -1.68. The zero-order valence-electron chi connectivity index (χ0n) is 9.81. The van der Waals surface area contributed by atoms with Gasteiger partial charge in [-0.15, -0.1) is 11.3 Å². The van der Waals surface area contributed by atoms with Crippen molar-refractivity contribution in [3.8, 4) is 11.3 Å². The first kappa shape index (κ1) is 11.8. The van der Waals surface area contributed by atoms with Gasteiger partial charge in [0.2, 0.25) is 0 Å². The lowest BCUT2D eigenvalue weighted by Gasteiger charge is -2.05. The van der Waals surface area contributed by atoms with E-state index < -0.39 is 5.91 Å². The fourth-order valence-corrected chi connectivity index (χ4v) is 2.24.